The fourth-order valence-corrected chi connectivity index (χ4v) is 1.60. The van der Waals surface area contributed by atoms with Gasteiger partial charge in [0.2, 0.25) is 0 Å². The number of halogens is 1. The van der Waals surface area contributed by atoms with Gasteiger partial charge >= 0.3 is 0 Å². The molecule has 0 radical (unpaired) electrons. The lowest BCUT2D eigenvalue weighted by atomic mass is 10.2. The topological polar surface area (TPSA) is 72.6 Å². The van der Waals surface area contributed by atoms with Gasteiger partial charge in [-0.1, -0.05) is 0 Å². The van der Waals surface area contributed by atoms with Gasteiger partial charge in [0.25, 0.3) is 0 Å². The Bertz CT molecular complexity index is 413. The fraction of sp³-hybridized carbons (Fsp3) is 0.222. The van der Waals surface area contributed by atoms with Gasteiger partial charge in [-0.25, -0.2) is 4.98 Å². The van der Waals surface area contributed by atoms with Gasteiger partial charge < -0.3 is 5.32 Å². The lowest BCUT2D eigenvalue weighted by Gasteiger charge is -2.09. The van der Waals surface area contributed by atoms with Crippen molar-refractivity contribution in [3.8, 4) is 6.07 Å². The van der Waals surface area contributed by atoms with Crippen molar-refractivity contribution < 1.29 is 0 Å². The Hall–Kier alpha value is -1.06. The van der Waals surface area contributed by atoms with Crippen LogP contribution in [0.15, 0.2) is 12.3 Å². The molecule has 1 rings (SSSR count). The van der Waals surface area contributed by atoms with E-state index in [0.717, 1.165) is 11.6 Å². The van der Waals surface area contributed by atoms with Crippen LogP contribution in [0.4, 0.5) is 5.69 Å². The van der Waals surface area contributed by atoms with Crippen LogP contribution in [0.25, 0.3) is 0 Å². The van der Waals surface area contributed by atoms with Gasteiger partial charge in [0.1, 0.15) is 16.4 Å². The predicted molar refractivity (Wildman–Crippen MR) is 66.7 cm³/mol. The Labute approximate surface area is 101 Å². The van der Waals surface area contributed by atoms with Crippen LogP contribution in [0.2, 0.25) is 0 Å². The van der Waals surface area contributed by atoms with Gasteiger partial charge in [0, 0.05) is 17.4 Å². The Balaban J connectivity index is 3.06. The second-order valence-electron chi connectivity index (χ2n) is 2.65. The highest BCUT2D eigenvalue weighted by Crippen LogP contribution is 2.19. The molecule has 2 N–H and O–H groups in total. The number of nitriles is 1. The molecule has 0 atom stereocenters. The highest BCUT2D eigenvalue weighted by Gasteiger charge is 2.07. The molecular weight excluding hydrogens is 276 g/mol. The van der Waals surface area contributed by atoms with Gasteiger partial charge in [-0.05, 0) is 28.3 Å². The summed E-state index contributed by atoms with van der Waals surface area (Å²) < 4.78 is 0.253. The molecule has 0 unspecified atom stereocenters. The molecule has 0 aromatic carbocycles. The van der Waals surface area contributed by atoms with Crippen molar-refractivity contribution in [3.05, 3.63) is 23.5 Å². The zero-order valence-corrected chi connectivity index (χ0v) is 10.4. The van der Waals surface area contributed by atoms with Crippen LogP contribution in [0.1, 0.15) is 11.3 Å². The summed E-state index contributed by atoms with van der Waals surface area (Å²) in [7, 11) is 0. The van der Waals surface area contributed by atoms with E-state index in [4.69, 9.17) is 10.7 Å². The number of aromatic nitrogens is 1. The van der Waals surface area contributed by atoms with Crippen molar-refractivity contribution in [3.63, 3.8) is 0 Å². The molecule has 0 fully saturated rings. The van der Waals surface area contributed by atoms with Gasteiger partial charge in [-0.3, -0.25) is 5.41 Å². The third-order valence-electron chi connectivity index (χ3n) is 1.66. The summed E-state index contributed by atoms with van der Waals surface area (Å²) in [6, 6.07) is 3.61. The van der Waals surface area contributed by atoms with Crippen LogP contribution in [-0.4, -0.2) is 21.7 Å². The molecule has 4 nitrogen and oxygen atoms in total. The maximum Gasteiger partial charge on any atom is 0.142 e. The first-order valence-corrected chi connectivity index (χ1v) is 6.25. The van der Waals surface area contributed by atoms with Crippen LogP contribution >= 0.6 is 27.7 Å². The lowest BCUT2D eigenvalue weighted by Crippen LogP contribution is -2.04. The van der Waals surface area contributed by atoms with Gasteiger partial charge in [0.15, 0.2) is 0 Å². The smallest absolute Gasteiger partial charge is 0.142 e. The second kappa shape index (κ2) is 5.73. The van der Waals surface area contributed by atoms with Crippen molar-refractivity contribution in [2.45, 2.75) is 0 Å². The van der Waals surface area contributed by atoms with Crippen LogP contribution in [-0.2, 0) is 0 Å². The van der Waals surface area contributed by atoms with E-state index < -0.39 is 0 Å². The monoisotopic (exact) mass is 284 g/mol. The van der Waals surface area contributed by atoms with Gasteiger partial charge in [-0.2, -0.15) is 5.26 Å². The van der Waals surface area contributed by atoms with Gasteiger partial charge in [0.05, 0.1) is 5.88 Å². The molecule has 0 saturated heterocycles. The normalized spacial score (nSPS) is 9.40. The first kappa shape index (κ1) is 12.0. The van der Waals surface area contributed by atoms with E-state index in [1.165, 1.54) is 6.20 Å². The molecule has 1 aromatic heterocycles. The van der Waals surface area contributed by atoms with Crippen molar-refractivity contribution >= 4 is 38.0 Å². The number of rotatable bonds is 4. The van der Waals surface area contributed by atoms with Crippen molar-refractivity contribution in [2.75, 3.05) is 17.4 Å². The zero-order chi connectivity index (χ0) is 11.3. The SMILES string of the molecule is CSCNc1cc(C#N)ncc1C(=N)Br. The highest BCUT2D eigenvalue weighted by molar-refractivity contribution is 9.18. The fourth-order valence-electron chi connectivity index (χ4n) is 0.988. The molecule has 0 spiro atoms. The number of hydrogen-bond donors (Lipinski definition) is 2. The third kappa shape index (κ3) is 3.22. The number of thioether (sulfide) groups is 1. The standard InChI is InChI=1S/C9H9BrN4S/c1-15-5-14-8-2-6(3-11)13-4-7(8)9(10)12/h2,4,12H,5H2,1H3,(H,13,14). The molecule has 0 amide bonds. The van der Waals surface area contributed by atoms with Crippen LogP contribution in [0.5, 0.6) is 0 Å². The molecule has 0 aliphatic heterocycles. The van der Waals surface area contributed by atoms with Gasteiger partial charge in [-0.15, -0.1) is 11.8 Å². The van der Waals surface area contributed by atoms with E-state index in [1.807, 2.05) is 12.3 Å². The molecule has 0 aliphatic carbocycles. The molecule has 6 heteroatoms. The number of nitrogens with zero attached hydrogens (tertiary/aromatic N) is 2. The van der Waals surface area contributed by atoms with Crippen molar-refractivity contribution in [2.24, 2.45) is 0 Å². The highest BCUT2D eigenvalue weighted by atomic mass is 79.9. The Kier molecular flexibility index (Phi) is 4.59. The molecule has 1 aromatic rings. The average Bonchev–Trinajstić information content (AvgIpc) is 2.25. The number of hydrogen-bond acceptors (Lipinski definition) is 5. The second-order valence-corrected chi connectivity index (χ2v) is 4.31. The molecule has 15 heavy (non-hydrogen) atoms. The lowest BCUT2D eigenvalue weighted by molar-refractivity contribution is 1.24. The van der Waals surface area contributed by atoms with Crippen molar-refractivity contribution in [1.82, 2.24) is 4.98 Å². The van der Waals surface area contributed by atoms with E-state index in [9.17, 15) is 0 Å². The maximum absolute atomic E-state index is 8.71. The van der Waals surface area contributed by atoms with E-state index in [1.54, 1.807) is 17.8 Å². The summed E-state index contributed by atoms with van der Waals surface area (Å²) in [5.74, 6) is 0.724. The number of anilines is 1. The van der Waals surface area contributed by atoms with E-state index >= 15 is 0 Å². The third-order valence-corrected chi connectivity index (χ3v) is 2.52. The van der Waals surface area contributed by atoms with E-state index in [0.29, 0.717) is 11.3 Å². The molecule has 0 bridgehead atoms. The largest absolute Gasteiger partial charge is 0.375 e. The Morgan fingerprint density at radius 1 is 1.80 bits per heavy atom. The van der Waals surface area contributed by atoms with Crippen LogP contribution in [0, 0.1) is 16.7 Å². The van der Waals surface area contributed by atoms with E-state index in [-0.39, 0.29) is 4.62 Å². The minimum atomic E-state index is 0.253. The molecular formula is C9H9BrN4S. The summed E-state index contributed by atoms with van der Waals surface area (Å²) in [5.41, 5.74) is 1.75. The summed E-state index contributed by atoms with van der Waals surface area (Å²) >= 11 is 4.72. The van der Waals surface area contributed by atoms with E-state index in [2.05, 4.69) is 26.2 Å². The minimum absolute atomic E-state index is 0.253. The minimum Gasteiger partial charge on any atom is -0.375 e. The zero-order valence-electron chi connectivity index (χ0n) is 8.04. The van der Waals surface area contributed by atoms with Crippen molar-refractivity contribution in [1.29, 1.82) is 10.7 Å². The summed E-state index contributed by atoms with van der Waals surface area (Å²) in [5, 5.41) is 19.3. The first-order chi connectivity index (χ1) is 7.19. The Morgan fingerprint density at radius 2 is 2.53 bits per heavy atom. The molecule has 0 aliphatic rings. The summed E-state index contributed by atoms with van der Waals surface area (Å²) in [6.07, 6.45) is 3.48. The van der Waals surface area contributed by atoms with Crippen LogP contribution in [0.3, 0.4) is 0 Å². The predicted octanol–water partition coefficient (Wildman–Crippen LogP) is 2.41. The average molecular weight is 285 g/mol. The summed E-state index contributed by atoms with van der Waals surface area (Å²) in [4.78, 5) is 3.91. The summed E-state index contributed by atoms with van der Waals surface area (Å²) in [6.45, 7) is 0. The first-order valence-electron chi connectivity index (χ1n) is 4.06. The van der Waals surface area contributed by atoms with Crippen LogP contribution < -0.4 is 5.32 Å². The molecule has 0 saturated carbocycles. The maximum atomic E-state index is 8.71. The molecule has 1 heterocycles. The quantitative estimate of drug-likeness (QED) is 0.658. The number of pyridine rings is 1. The number of nitrogens with one attached hydrogen (secondary N) is 2. The molecule has 78 valence electrons. The Morgan fingerprint density at radius 3 is 3.07 bits per heavy atom.